The van der Waals surface area contributed by atoms with Gasteiger partial charge in [-0.3, -0.25) is 0 Å². The maximum absolute atomic E-state index is 13.6. The van der Waals surface area contributed by atoms with Crippen LogP contribution >= 0.6 is 0 Å². The second-order valence-electron chi connectivity index (χ2n) is 5.90. The SMILES string of the molecule is CCC1Cc2ccc(F)cc2C(CCc2ccccc2)N1. The van der Waals surface area contributed by atoms with Gasteiger partial charge in [0.05, 0.1) is 0 Å². The van der Waals surface area contributed by atoms with Crippen molar-refractivity contribution in [1.29, 1.82) is 0 Å². The summed E-state index contributed by atoms with van der Waals surface area (Å²) in [6, 6.07) is 16.5. The van der Waals surface area contributed by atoms with E-state index in [1.54, 1.807) is 12.1 Å². The van der Waals surface area contributed by atoms with Crippen LogP contribution in [0.1, 0.15) is 42.5 Å². The summed E-state index contributed by atoms with van der Waals surface area (Å²) in [4.78, 5) is 0. The Balaban J connectivity index is 1.79. The molecule has 2 heteroatoms. The predicted octanol–water partition coefficient (Wildman–Crippen LogP) is 4.42. The third kappa shape index (κ3) is 3.33. The molecule has 0 aromatic heterocycles. The molecular formula is C19H22FN. The Labute approximate surface area is 126 Å². The Hall–Kier alpha value is -1.67. The van der Waals surface area contributed by atoms with Crippen LogP contribution in [-0.2, 0) is 12.8 Å². The van der Waals surface area contributed by atoms with Gasteiger partial charge in [0, 0.05) is 12.1 Å². The molecule has 1 heterocycles. The number of fused-ring (bicyclic) bond motifs is 1. The number of aryl methyl sites for hydroxylation is 1. The van der Waals surface area contributed by atoms with Crippen molar-refractivity contribution in [2.45, 2.75) is 44.7 Å². The largest absolute Gasteiger partial charge is 0.307 e. The van der Waals surface area contributed by atoms with Crippen molar-refractivity contribution < 1.29 is 4.39 Å². The summed E-state index contributed by atoms with van der Waals surface area (Å²) >= 11 is 0. The molecule has 0 saturated carbocycles. The average Bonchev–Trinajstić information content (AvgIpc) is 2.53. The van der Waals surface area contributed by atoms with Crippen molar-refractivity contribution in [3.63, 3.8) is 0 Å². The number of halogens is 1. The minimum Gasteiger partial charge on any atom is -0.307 e. The highest BCUT2D eigenvalue weighted by Crippen LogP contribution is 2.30. The highest BCUT2D eigenvalue weighted by molar-refractivity contribution is 5.34. The lowest BCUT2D eigenvalue weighted by Crippen LogP contribution is -2.39. The number of benzene rings is 2. The van der Waals surface area contributed by atoms with Gasteiger partial charge in [-0.15, -0.1) is 0 Å². The molecular weight excluding hydrogens is 261 g/mol. The fraction of sp³-hybridized carbons (Fsp3) is 0.368. The summed E-state index contributed by atoms with van der Waals surface area (Å²) < 4.78 is 13.6. The maximum atomic E-state index is 13.6. The molecule has 1 aliphatic heterocycles. The first-order valence-electron chi connectivity index (χ1n) is 7.84. The lowest BCUT2D eigenvalue weighted by atomic mass is 9.86. The Morgan fingerprint density at radius 2 is 1.95 bits per heavy atom. The first kappa shape index (κ1) is 14.3. The molecule has 2 aromatic rings. The van der Waals surface area contributed by atoms with Crippen LogP contribution < -0.4 is 5.32 Å². The minimum atomic E-state index is -0.129. The van der Waals surface area contributed by atoms with Gasteiger partial charge >= 0.3 is 0 Å². The van der Waals surface area contributed by atoms with Gasteiger partial charge in [0.2, 0.25) is 0 Å². The Morgan fingerprint density at radius 1 is 1.14 bits per heavy atom. The van der Waals surface area contributed by atoms with Gasteiger partial charge < -0.3 is 5.32 Å². The van der Waals surface area contributed by atoms with Crippen molar-refractivity contribution in [3.8, 4) is 0 Å². The van der Waals surface area contributed by atoms with Crippen LogP contribution in [0.15, 0.2) is 48.5 Å². The molecule has 0 radical (unpaired) electrons. The Kier molecular flexibility index (Phi) is 4.35. The quantitative estimate of drug-likeness (QED) is 0.875. The van der Waals surface area contributed by atoms with Crippen molar-refractivity contribution >= 4 is 0 Å². The predicted molar refractivity (Wildman–Crippen MR) is 84.8 cm³/mol. The van der Waals surface area contributed by atoms with E-state index in [9.17, 15) is 4.39 Å². The molecule has 3 rings (SSSR count). The highest BCUT2D eigenvalue weighted by atomic mass is 19.1. The molecule has 0 amide bonds. The fourth-order valence-corrected chi connectivity index (χ4v) is 3.23. The molecule has 2 atom stereocenters. The Morgan fingerprint density at radius 3 is 2.71 bits per heavy atom. The van der Waals surface area contributed by atoms with Crippen LogP contribution in [0.2, 0.25) is 0 Å². The zero-order chi connectivity index (χ0) is 14.7. The first-order chi connectivity index (χ1) is 10.3. The summed E-state index contributed by atoms with van der Waals surface area (Å²) in [6.45, 7) is 2.21. The molecule has 110 valence electrons. The number of rotatable bonds is 4. The second kappa shape index (κ2) is 6.40. The number of nitrogens with one attached hydrogen (secondary N) is 1. The van der Waals surface area contributed by atoms with Gasteiger partial charge in [-0.1, -0.05) is 43.3 Å². The van der Waals surface area contributed by atoms with Gasteiger partial charge in [0.25, 0.3) is 0 Å². The highest BCUT2D eigenvalue weighted by Gasteiger charge is 2.25. The van der Waals surface area contributed by atoms with Crippen LogP contribution in [0, 0.1) is 5.82 Å². The molecule has 0 bridgehead atoms. The van der Waals surface area contributed by atoms with E-state index in [1.807, 2.05) is 12.1 Å². The summed E-state index contributed by atoms with van der Waals surface area (Å²) in [5.74, 6) is -0.129. The average molecular weight is 283 g/mol. The zero-order valence-corrected chi connectivity index (χ0v) is 12.5. The van der Waals surface area contributed by atoms with Crippen LogP contribution in [0.25, 0.3) is 0 Å². The molecule has 1 aliphatic rings. The van der Waals surface area contributed by atoms with E-state index < -0.39 is 0 Å². The van der Waals surface area contributed by atoms with Crippen LogP contribution in [0.4, 0.5) is 4.39 Å². The molecule has 0 aliphatic carbocycles. The summed E-state index contributed by atoms with van der Waals surface area (Å²) in [6.07, 6.45) is 4.15. The van der Waals surface area contributed by atoms with E-state index in [0.717, 1.165) is 31.2 Å². The van der Waals surface area contributed by atoms with Gasteiger partial charge in [-0.25, -0.2) is 4.39 Å². The fourth-order valence-electron chi connectivity index (χ4n) is 3.23. The van der Waals surface area contributed by atoms with Crippen LogP contribution in [0.3, 0.4) is 0 Å². The molecule has 21 heavy (non-hydrogen) atoms. The van der Waals surface area contributed by atoms with E-state index >= 15 is 0 Å². The second-order valence-corrected chi connectivity index (χ2v) is 5.90. The molecule has 0 saturated heterocycles. The maximum Gasteiger partial charge on any atom is 0.123 e. The lowest BCUT2D eigenvalue weighted by Gasteiger charge is -2.33. The summed E-state index contributed by atoms with van der Waals surface area (Å²) in [5.41, 5.74) is 3.80. The van der Waals surface area contributed by atoms with Gasteiger partial charge in [0.15, 0.2) is 0 Å². The van der Waals surface area contributed by atoms with E-state index in [2.05, 4.69) is 36.5 Å². The van der Waals surface area contributed by atoms with Crippen molar-refractivity contribution in [2.75, 3.05) is 0 Å². The standard InChI is InChI=1S/C19H22FN/c1-2-17-12-15-9-10-16(20)13-18(15)19(21-17)11-8-14-6-4-3-5-7-14/h3-7,9-10,13,17,19,21H,2,8,11-12H2,1H3. The molecule has 0 fully saturated rings. The molecule has 0 spiro atoms. The summed E-state index contributed by atoms with van der Waals surface area (Å²) in [7, 11) is 0. The van der Waals surface area contributed by atoms with Gasteiger partial charge in [0.1, 0.15) is 5.82 Å². The lowest BCUT2D eigenvalue weighted by molar-refractivity contribution is 0.376. The van der Waals surface area contributed by atoms with Crippen LogP contribution in [-0.4, -0.2) is 6.04 Å². The molecule has 2 unspecified atom stereocenters. The van der Waals surface area contributed by atoms with Crippen molar-refractivity contribution in [1.82, 2.24) is 5.32 Å². The summed E-state index contributed by atoms with van der Waals surface area (Å²) in [5, 5.41) is 3.69. The zero-order valence-electron chi connectivity index (χ0n) is 12.5. The van der Waals surface area contributed by atoms with Crippen molar-refractivity contribution in [3.05, 3.63) is 71.0 Å². The van der Waals surface area contributed by atoms with Crippen molar-refractivity contribution in [2.24, 2.45) is 0 Å². The number of hydrogen-bond acceptors (Lipinski definition) is 1. The molecule has 1 nitrogen and oxygen atoms in total. The first-order valence-corrected chi connectivity index (χ1v) is 7.84. The third-order valence-corrected chi connectivity index (χ3v) is 4.44. The van der Waals surface area contributed by atoms with Gasteiger partial charge in [-0.2, -0.15) is 0 Å². The third-order valence-electron chi connectivity index (χ3n) is 4.44. The Bertz CT molecular complexity index is 594. The topological polar surface area (TPSA) is 12.0 Å². The van der Waals surface area contributed by atoms with Gasteiger partial charge in [-0.05, 0) is 54.5 Å². The molecule has 2 aromatic carbocycles. The van der Waals surface area contributed by atoms with E-state index in [-0.39, 0.29) is 11.9 Å². The number of hydrogen-bond donors (Lipinski definition) is 1. The van der Waals surface area contributed by atoms with E-state index in [1.165, 1.54) is 11.1 Å². The van der Waals surface area contributed by atoms with E-state index in [0.29, 0.717) is 6.04 Å². The van der Waals surface area contributed by atoms with E-state index in [4.69, 9.17) is 0 Å². The normalized spacial score (nSPS) is 21.0. The smallest absolute Gasteiger partial charge is 0.123 e. The monoisotopic (exact) mass is 283 g/mol. The molecule has 1 N–H and O–H groups in total. The van der Waals surface area contributed by atoms with Crippen LogP contribution in [0.5, 0.6) is 0 Å². The minimum absolute atomic E-state index is 0.129.